The van der Waals surface area contributed by atoms with E-state index in [0.717, 1.165) is 11.3 Å². The molecule has 30 heavy (non-hydrogen) atoms. The van der Waals surface area contributed by atoms with Crippen LogP contribution >= 0.6 is 0 Å². The Morgan fingerprint density at radius 3 is 2.70 bits per heavy atom. The second kappa shape index (κ2) is 8.10. The van der Waals surface area contributed by atoms with Crippen molar-refractivity contribution in [2.75, 3.05) is 6.54 Å². The van der Waals surface area contributed by atoms with Gasteiger partial charge in [0.05, 0.1) is 17.7 Å². The lowest BCUT2D eigenvalue weighted by Crippen LogP contribution is -2.29. The number of hydrogen-bond acceptors (Lipinski definition) is 5. The van der Waals surface area contributed by atoms with Gasteiger partial charge in [-0.05, 0) is 31.5 Å². The topological polar surface area (TPSA) is 81.0 Å². The highest BCUT2D eigenvalue weighted by atomic mass is 16.5. The summed E-state index contributed by atoms with van der Waals surface area (Å²) in [7, 11) is 0. The van der Waals surface area contributed by atoms with E-state index in [4.69, 9.17) is 4.74 Å². The monoisotopic (exact) mass is 405 g/mol. The predicted octanol–water partition coefficient (Wildman–Crippen LogP) is 2.66. The number of rotatable bonds is 5. The number of carbonyl (C=O) groups excluding carboxylic acids is 2. The fourth-order valence-corrected chi connectivity index (χ4v) is 3.88. The molecule has 1 aliphatic heterocycles. The Labute approximate surface area is 173 Å². The molecule has 7 nitrogen and oxygen atoms in total. The van der Waals surface area contributed by atoms with E-state index in [9.17, 15) is 14.4 Å². The highest BCUT2D eigenvalue weighted by Crippen LogP contribution is 2.29. The van der Waals surface area contributed by atoms with Gasteiger partial charge in [0, 0.05) is 24.7 Å². The van der Waals surface area contributed by atoms with Gasteiger partial charge in [0.25, 0.3) is 5.56 Å². The van der Waals surface area contributed by atoms with E-state index >= 15 is 0 Å². The van der Waals surface area contributed by atoms with Crippen LogP contribution in [0.1, 0.15) is 36.3 Å². The van der Waals surface area contributed by atoms with Gasteiger partial charge in [-0.25, -0.2) is 4.98 Å². The summed E-state index contributed by atoms with van der Waals surface area (Å²) < 4.78 is 6.90. The minimum Gasteiger partial charge on any atom is -0.459 e. The van der Waals surface area contributed by atoms with Crippen molar-refractivity contribution < 1.29 is 14.3 Å². The van der Waals surface area contributed by atoms with Gasteiger partial charge >= 0.3 is 5.97 Å². The molecule has 154 valence electrons. The van der Waals surface area contributed by atoms with Crippen LogP contribution in [0.5, 0.6) is 0 Å². The van der Waals surface area contributed by atoms with E-state index in [1.807, 2.05) is 56.3 Å². The summed E-state index contributed by atoms with van der Waals surface area (Å²) in [4.78, 5) is 43.5. The van der Waals surface area contributed by atoms with E-state index < -0.39 is 11.9 Å². The Hall–Kier alpha value is -3.48. The van der Waals surface area contributed by atoms with Crippen molar-refractivity contribution in [1.82, 2.24) is 14.3 Å². The van der Waals surface area contributed by atoms with Crippen LogP contribution in [0.2, 0.25) is 0 Å². The Morgan fingerprint density at radius 1 is 1.17 bits per heavy atom. The van der Waals surface area contributed by atoms with Crippen LogP contribution in [-0.2, 0) is 20.9 Å². The molecular weight excluding hydrogens is 382 g/mol. The van der Waals surface area contributed by atoms with Crippen molar-refractivity contribution in [3.63, 3.8) is 0 Å². The number of aryl methyl sites for hydroxylation is 1. The van der Waals surface area contributed by atoms with Gasteiger partial charge in [-0.2, -0.15) is 0 Å². The van der Waals surface area contributed by atoms with Gasteiger partial charge in [0.15, 0.2) is 0 Å². The lowest BCUT2D eigenvalue weighted by molar-refractivity contribution is -0.149. The third-order valence-corrected chi connectivity index (χ3v) is 5.54. The third-order valence-electron chi connectivity index (χ3n) is 5.54. The molecule has 1 aromatic carbocycles. The van der Waals surface area contributed by atoms with Gasteiger partial charge in [0.2, 0.25) is 5.91 Å². The summed E-state index contributed by atoms with van der Waals surface area (Å²) >= 11 is 0. The quantitative estimate of drug-likeness (QED) is 0.610. The Morgan fingerprint density at radius 2 is 1.93 bits per heavy atom. The van der Waals surface area contributed by atoms with Crippen LogP contribution in [0.4, 0.5) is 0 Å². The Balaban J connectivity index is 1.42. The van der Waals surface area contributed by atoms with Crippen molar-refractivity contribution in [2.45, 2.75) is 32.9 Å². The molecule has 0 bridgehead atoms. The normalized spacial score (nSPS) is 17.3. The van der Waals surface area contributed by atoms with Crippen molar-refractivity contribution in [1.29, 1.82) is 0 Å². The first kappa shape index (κ1) is 19.8. The fraction of sp³-hybridized carbons (Fsp3) is 0.304. The number of likely N-dealkylation sites (tertiary alicyclic amines) is 1. The first-order valence-corrected chi connectivity index (χ1v) is 9.93. The summed E-state index contributed by atoms with van der Waals surface area (Å²) in [6.07, 6.45) is 0.128. The Bertz CT molecular complexity index is 1160. The zero-order valence-electron chi connectivity index (χ0n) is 16.9. The average Bonchev–Trinajstić information content (AvgIpc) is 3.13. The summed E-state index contributed by atoms with van der Waals surface area (Å²) in [6.45, 7) is 4.00. The molecule has 3 aromatic rings. The van der Waals surface area contributed by atoms with Crippen molar-refractivity contribution >= 4 is 17.5 Å². The molecule has 1 amide bonds. The van der Waals surface area contributed by atoms with Gasteiger partial charge < -0.3 is 9.64 Å². The molecular formula is C23H23N3O4. The van der Waals surface area contributed by atoms with Crippen LogP contribution in [0, 0.1) is 12.8 Å². The first-order chi connectivity index (χ1) is 14.4. The number of aromatic nitrogens is 2. The summed E-state index contributed by atoms with van der Waals surface area (Å²) in [5.41, 5.74) is 2.48. The molecule has 7 heteroatoms. The maximum atomic E-state index is 12.6. The molecule has 0 radical (unpaired) electrons. The van der Waals surface area contributed by atoms with Crippen molar-refractivity contribution in [2.24, 2.45) is 5.92 Å². The fourth-order valence-electron chi connectivity index (χ4n) is 3.88. The van der Waals surface area contributed by atoms with E-state index in [1.165, 1.54) is 10.5 Å². The molecule has 0 N–H and O–H groups in total. The number of esters is 1. The molecule has 0 aliphatic carbocycles. The zero-order chi connectivity index (χ0) is 21.3. The third kappa shape index (κ3) is 3.83. The minimum atomic E-state index is -0.521. The number of benzene rings is 1. The average molecular weight is 405 g/mol. The number of nitrogens with zero attached hydrogens (tertiary/aromatic N) is 3. The molecule has 1 saturated heterocycles. The molecule has 0 unspecified atom stereocenters. The number of hydrogen-bond donors (Lipinski definition) is 0. The second-order valence-electron chi connectivity index (χ2n) is 7.59. The van der Waals surface area contributed by atoms with E-state index in [-0.39, 0.29) is 30.5 Å². The summed E-state index contributed by atoms with van der Waals surface area (Å²) in [5, 5.41) is 0. The number of fused-ring (bicyclic) bond motifs is 1. The Kier molecular flexibility index (Phi) is 5.35. The largest absolute Gasteiger partial charge is 0.459 e. The van der Waals surface area contributed by atoms with E-state index in [2.05, 4.69) is 4.98 Å². The summed E-state index contributed by atoms with van der Waals surface area (Å²) in [5.74, 6) is -1.03. The van der Waals surface area contributed by atoms with Gasteiger partial charge in [-0.3, -0.25) is 18.8 Å². The van der Waals surface area contributed by atoms with Gasteiger partial charge in [0.1, 0.15) is 12.3 Å². The molecule has 1 fully saturated rings. The molecule has 1 aliphatic rings. The van der Waals surface area contributed by atoms with Crippen LogP contribution in [0.25, 0.3) is 5.65 Å². The number of ether oxygens (including phenoxy) is 1. The second-order valence-corrected chi connectivity index (χ2v) is 7.59. The predicted molar refractivity (Wildman–Crippen MR) is 111 cm³/mol. The molecule has 3 heterocycles. The van der Waals surface area contributed by atoms with Crippen LogP contribution in [0.15, 0.2) is 59.4 Å². The number of amides is 1. The van der Waals surface area contributed by atoms with Crippen LogP contribution < -0.4 is 5.56 Å². The molecule has 4 rings (SSSR count). The van der Waals surface area contributed by atoms with E-state index in [1.54, 1.807) is 11.0 Å². The number of pyridine rings is 1. The highest BCUT2D eigenvalue weighted by Gasteiger charge is 2.37. The minimum absolute atomic E-state index is 0.0640. The van der Waals surface area contributed by atoms with Gasteiger partial charge in [-0.1, -0.05) is 36.4 Å². The van der Waals surface area contributed by atoms with Crippen LogP contribution in [0.3, 0.4) is 0 Å². The maximum Gasteiger partial charge on any atom is 0.311 e. The van der Waals surface area contributed by atoms with Crippen molar-refractivity contribution in [3.8, 4) is 0 Å². The molecule has 0 spiro atoms. The molecule has 2 aromatic heterocycles. The highest BCUT2D eigenvalue weighted by molar-refractivity contribution is 5.87. The zero-order valence-corrected chi connectivity index (χ0v) is 16.9. The lowest BCUT2D eigenvalue weighted by atomic mass is 10.1. The standard InChI is InChI=1S/C23H23N3O4/c1-15-7-6-10-20-24-19(12-22(28)26(15)20)14-30-23(29)18-11-21(27)25(13-18)16(2)17-8-4-3-5-9-17/h3-10,12,16,18H,11,13-14H2,1-2H3/t16-,18+/m0/s1. The molecule has 2 atom stereocenters. The summed E-state index contributed by atoms with van der Waals surface area (Å²) in [6, 6.07) is 16.4. The SMILES string of the molecule is Cc1cccc2nc(COC(=O)[C@@H]3CC(=O)N([C@@H](C)c4ccccc4)C3)cc(=O)n12. The molecule has 0 saturated carbocycles. The maximum absolute atomic E-state index is 12.6. The number of carbonyl (C=O) groups is 2. The van der Waals surface area contributed by atoms with Gasteiger partial charge in [-0.15, -0.1) is 0 Å². The smallest absolute Gasteiger partial charge is 0.311 e. The van der Waals surface area contributed by atoms with E-state index in [0.29, 0.717) is 17.9 Å². The first-order valence-electron chi connectivity index (χ1n) is 9.93. The van der Waals surface area contributed by atoms with Crippen LogP contribution in [-0.4, -0.2) is 32.7 Å². The van der Waals surface area contributed by atoms with Crippen molar-refractivity contribution in [3.05, 3.63) is 81.9 Å². The lowest BCUT2D eigenvalue weighted by Gasteiger charge is -2.25.